The highest BCUT2D eigenvalue weighted by Gasteiger charge is 2.18. The first kappa shape index (κ1) is 16.5. The van der Waals surface area contributed by atoms with Crippen LogP contribution in [0.15, 0.2) is 23.1 Å². The number of nitrogens with two attached hydrogens (primary N) is 1. The molecular weight excluding hydrogens is 312 g/mol. The maximum absolute atomic E-state index is 12.3. The minimum absolute atomic E-state index is 0.240. The molecule has 1 saturated heterocycles. The average molecular weight is 336 g/mol. The van der Waals surface area contributed by atoms with E-state index < -0.39 is 0 Å². The van der Waals surface area contributed by atoms with Gasteiger partial charge in [0.05, 0.1) is 0 Å². The van der Waals surface area contributed by atoms with E-state index in [-0.39, 0.29) is 11.9 Å². The van der Waals surface area contributed by atoms with Crippen LogP contribution >= 0.6 is 11.8 Å². The standard InChI is InChI=1S/C17H24N2O3S/c18-13-2-1-7-19(8-5-13)17(20)6-11-23-14-3-4-15-16(12-14)22-10-9-21-15/h3-4,12-13H,1-2,5-11,18H2. The fraction of sp³-hybridized carbons (Fsp3) is 0.588. The van der Waals surface area contributed by atoms with E-state index in [0.717, 1.165) is 54.5 Å². The summed E-state index contributed by atoms with van der Waals surface area (Å²) in [5, 5.41) is 0. The normalized spacial score (nSPS) is 20.9. The highest BCUT2D eigenvalue weighted by atomic mass is 32.2. The Morgan fingerprint density at radius 3 is 2.91 bits per heavy atom. The SMILES string of the molecule is NC1CCCN(C(=O)CCSc2ccc3c(c2)OCCO3)CC1. The van der Waals surface area contributed by atoms with Crippen molar-refractivity contribution in [3.63, 3.8) is 0 Å². The van der Waals surface area contributed by atoms with Crippen LogP contribution in [0.3, 0.4) is 0 Å². The molecule has 0 aromatic heterocycles. The number of likely N-dealkylation sites (tertiary alicyclic amines) is 1. The van der Waals surface area contributed by atoms with Crippen LogP contribution in [0, 0.1) is 0 Å². The molecule has 0 spiro atoms. The Balaban J connectivity index is 1.46. The number of benzene rings is 1. The summed E-state index contributed by atoms with van der Waals surface area (Å²) in [6, 6.07) is 6.21. The number of hydrogen-bond donors (Lipinski definition) is 1. The minimum Gasteiger partial charge on any atom is -0.486 e. The third-order valence-corrected chi connectivity index (χ3v) is 5.22. The number of rotatable bonds is 4. The molecule has 0 bridgehead atoms. The van der Waals surface area contributed by atoms with Gasteiger partial charge in [-0.15, -0.1) is 11.8 Å². The van der Waals surface area contributed by atoms with E-state index in [1.807, 2.05) is 23.1 Å². The van der Waals surface area contributed by atoms with Gasteiger partial charge < -0.3 is 20.1 Å². The zero-order valence-corrected chi connectivity index (χ0v) is 14.1. The molecule has 2 aliphatic heterocycles. The van der Waals surface area contributed by atoms with Gasteiger partial charge in [-0.25, -0.2) is 0 Å². The number of carbonyl (C=O) groups is 1. The molecule has 1 atom stereocenters. The van der Waals surface area contributed by atoms with Crippen molar-refractivity contribution < 1.29 is 14.3 Å². The molecule has 1 unspecified atom stereocenters. The quantitative estimate of drug-likeness (QED) is 0.855. The van der Waals surface area contributed by atoms with Crippen molar-refractivity contribution in [3.8, 4) is 11.5 Å². The number of thioether (sulfide) groups is 1. The van der Waals surface area contributed by atoms with Crippen molar-refractivity contribution >= 4 is 17.7 Å². The monoisotopic (exact) mass is 336 g/mol. The first-order valence-corrected chi connectivity index (χ1v) is 9.27. The van der Waals surface area contributed by atoms with E-state index in [0.29, 0.717) is 19.6 Å². The topological polar surface area (TPSA) is 64.8 Å². The maximum atomic E-state index is 12.3. The van der Waals surface area contributed by atoms with E-state index in [1.165, 1.54) is 0 Å². The zero-order valence-electron chi connectivity index (χ0n) is 13.3. The highest BCUT2D eigenvalue weighted by molar-refractivity contribution is 7.99. The Bertz CT molecular complexity index is 553. The molecule has 5 nitrogen and oxygen atoms in total. The number of fused-ring (bicyclic) bond motifs is 1. The molecule has 126 valence electrons. The van der Waals surface area contributed by atoms with E-state index in [9.17, 15) is 4.79 Å². The summed E-state index contributed by atoms with van der Waals surface area (Å²) in [6.45, 7) is 2.85. The largest absolute Gasteiger partial charge is 0.486 e. The summed E-state index contributed by atoms with van der Waals surface area (Å²) in [4.78, 5) is 15.4. The Morgan fingerprint density at radius 1 is 1.22 bits per heavy atom. The summed E-state index contributed by atoms with van der Waals surface area (Å²) in [5.41, 5.74) is 5.96. The van der Waals surface area contributed by atoms with Crippen LogP contribution in [0.5, 0.6) is 11.5 Å². The van der Waals surface area contributed by atoms with Crippen molar-refractivity contribution in [2.24, 2.45) is 5.73 Å². The van der Waals surface area contributed by atoms with Gasteiger partial charge in [0, 0.05) is 36.2 Å². The predicted octanol–water partition coefficient (Wildman–Crippen LogP) is 2.28. The van der Waals surface area contributed by atoms with Crippen molar-refractivity contribution in [3.05, 3.63) is 18.2 Å². The number of ether oxygens (including phenoxy) is 2. The molecule has 0 aliphatic carbocycles. The van der Waals surface area contributed by atoms with Crippen LogP contribution in [0.1, 0.15) is 25.7 Å². The summed E-state index contributed by atoms with van der Waals surface area (Å²) in [6.07, 6.45) is 3.52. The number of carbonyl (C=O) groups excluding carboxylic acids is 1. The maximum Gasteiger partial charge on any atom is 0.223 e. The third kappa shape index (κ3) is 4.54. The van der Waals surface area contributed by atoms with Crippen molar-refractivity contribution in [1.29, 1.82) is 0 Å². The molecule has 0 radical (unpaired) electrons. The Hall–Kier alpha value is -1.40. The second-order valence-corrected chi connectivity index (χ2v) is 7.14. The van der Waals surface area contributed by atoms with Crippen LogP contribution in [0.25, 0.3) is 0 Å². The third-order valence-electron chi connectivity index (χ3n) is 4.22. The first-order chi connectivity index (χ1) is 11.2. The van der Waals surface area contributed by atoms with Gasteiger partial charge in [0.25, 0.3) is 0 Å². The van der Waals surface area contributed by atoms with Crippen LogP contribution in [-0.2, 0) is 4.79 Å². The summed E-state index contributed by atoms with van der Waals surface area (Å²) in [5.74, 6) is 2.62. The fourth-order valence-electron chi connectivity index (χ4n) is 2.90. The summed E-state index contributed by atoms with van der Waals surface area (Å²) >= 11 is 1.68. The lowest BCUT2D eigenvalue weighted by Gasteiger charge is -2.20. The van der Waals surface area contributed by atoms with Gasteiger partial charge in [-0.1, -0.05) is 0 Å². The lowest BCUT2D eigenvalue weighted by molar-refractivity contribution is -0.130. The Kier molecular flexibility index (Phi) is 5.67. The molecule has 1 aromatic carbocycles. The number of hydrogen-bond acceptors (Lipinski definition) is 5. The second kappa shape index (κ2) is 7.93. The van der Waals surface area contributed by atoms with E-state index in [1.54, 1.807) is 11.8 Å². The van der Waals surface area contributed by atoms with Gasteiger partial charge in [0.15, 0.2) is 11.5 Å². The number of nitrogens with zero attached hydrogens (tertiary/aromatic N) is 1. The van der Waals surface area contributed by atoms with Gasteiger partial charge >= 0.3 is 0 Å². The molecule has 2 aliphatic rings. The molecule has 2 N–H and O–H groups in total. The summed E-state index contributed by atoms with van der Waals surface area (Å²) in [7, 11) is 0. The van der Waals surface area contributed by atoms with Gasteiger partial charge in [-0.05, 0) is 37.5 Å². The molecule has 0 saturated carbocycles. The van der Waals surface area contributed by atoms with Crippen molar-refractivity contribution in [2.45, 2.75) is 36.6 Å². The molecule has 23 heavy (non-hydrogen) atoms. The van der Waals surface area contributed by atoms with Gasteiger partial charge in [-0.2, -0.15) is 0 Å². The molecule has 1 aromatic rings. The van der Waals surface area contributed by atoms with E-state index in [2.05, 4.69) is 0 Å². The summed E-state index contributed by atoms with van der Waals surface area (Å²) < 4.78 is 11.1. The van der Waals surface area contributed by atoms with Crippen LogP contribution in [-0.4, -0.2) is 48.9 Å². The molecule has 3 rings (SSSR count). The first-order valence-electron chi connectivity index (χ1n) is 8.28. The van der Waals surface area contributed by atoms with E-state index >= 15 is 0 Å². The van der Waals surface area contributed by atoms with Crippen LogP contribution < -0.4 is 15.2 Å². The number of amides is 1. The van der Waals surface area contributed by atoms with Crippen LogP contribution in [0.2, 0.25) is 0 Å². The molecule has 1 fully saturated rings. The molecule has 2 heterocycles. The zero-order chi connectivity index (χ0) is 16.1. The lowest BCUT2D eigenvalue weighted by atomic mass is 10.1. The highest BCUT2D eigenvalue weighted by Crippen LogP contribution is 2.34. The molecular formula is C17H24N2O3S. The fourth-order valence-corrected chi connectivity index (χ4v) is 3.77. The average Bonchev–Trinajstić information content (AvgIpc) is 2.79. The molecule has 6 heteroatoms. The lowest BCUT2D eigenvalue weighted by Crippen LogP contribution is -2.33. The van der Waals surface area contributed by atoms with Gasteiger partial charge in [-0.3, -0.25) is 4.79 Å². The molecule has 1 amide bonds. The van der Waals surface area contributed by atoms with E-state index in [4.69, 9.17) is 15.2 Å². The van der Waals surface area contributed by atoms with Gasteiger partial charge in [0.1, 0.15) is 13.2 Å². The van der Waals surface area contributed by atoms with Crippen molar-refractivity contribution in [2.75, 3.05) is 32.1 Å². The minimum atomic E-state index is 0.240. The Labute approximate surface area is 141 Å². The van der Waals surface area contributed by atoms with Gasteiger partial charge in [0.2, 0.25) is 5.91 Å². The Morgan fingerprint density at radius 2 is 2.04 bits per heavy atom. The smallest absolute Gasteiger partial charge is 0.223 e. The second-order valence-electron chi connectivity index (χ2n) is 5.98. The predicted molar refractivity (Wildman–Crippen MR) is 91.2 cm³/mol. The van der Waals surface area contributed by atoms with Crippen LogP contribution in [0.4, 0.5) is 0 Å². The van der Waals surface area contributed by atoms with Crippen molar-refractivity contribution in [1.82, 2.24) is 4.90 Å².